The van der Waals surface area contributed by atoms with Crippen LogP contribution in [0.4, 0.5) is 0 Å². The number of hydrogen-bond acceptors (Lipinski definition) is 6. The highest BCUT2D eigenvalue weighted by atomic mass is 28.3. The van der Waals surface area contributed by atoms with E-state index in [4.69, 9.17) is 0 Å². The van der Waals surface area contributed by atoms with Crippen LogP contribution in [-0.4, -0.2) is 49.5 Å². The van der Waals surface area contributed by atoms with Gasteiger partial charge in [0.2, 0.25) is 0 Å². The maximum Gasteiger partial charge on any atom is 0.181 e. The number of nitrogens with one attached hydrogen (secondary N) is 1. The van der Waals surface area contributed by atoms with Gasteiger partial charge in [-0.3, -0.25) is 10.1 Å². The first kappa shape index (κ1) is 12.0. The lowest BCUT2D eigenvalue weighted by atomic mass is 10.5. The average Bonchev–Trinajstić information content (AvgIpc) is 2.84. The zero-order valence-electron chi connectivity index (χ0n) is 11.1. The summed E-state index contributed by atoms with van der Waals surface area (Å²) in [5.41, 5.74) is 3.04. The summed E-state index contributed by atoms with van der Waals surface area (Å²) in [5, 5.41) is 8.60. The molecule has 0 saturated heterocycles. The van der Waals surface area contributed by atoms with Gasteiger partial charge in [-0.2, -0.15) is 10.2 Å². The molecule has 7 heteroatoms. The van der Waals surface area contributed by atoms with E-state index >= 15 is 0 Å². The van der Waals surface area contributed by atoms with Crippen molar-refractivity contribution < 1.29 is 0 Å². The van der Waals surface area contributed by atoms with E-state index in [2.05, 4.69) is 40.3 Å². The van der Waals surface area contributed by atoms with Crippen molar-refractivity contribution in [3.05, 3.63) is 11.6 Å². The normalized spacial score (nSPS) is 23.9. The molecule has 0 radical (unpaired) electrons. The van der Waals surface area contributed by atoms with Gasteiger partial charge in [0.05, 0.1) is 0 Å². The van der Waals surface area contributed by atoms with Crippen molar-refractivity contribution in [1.82, 2.24) is 19.9 Å². The van der Waals surface area contributed by atoms with Crippen molar-refractivity contribution in [3.63, 3.8) is 0 Å². The van der Waals surface area contributed by atoms with Crippen LogP contribution in [0.2, 0.25) is 19.1 Å². The number of hydrogen-bond donors (Lipinski definition) is 1. The molecule has 0 atom stereocenters. The third-order valence-corrected chi connectivity index (χ3v) is 6.48. The lowest BCUT2D eigenvalue weighted by Gasteiger charge is -2.34. The van der Waals surface area contributed by atoms with Gasteiger partial charge in [0.1, 0.15) is 12.7 Å². The Morgan fingerprint density at radius 2 is 1.94 bits per heavy atom. The summed E-state index contributed by atoms with van der Waals surface area (Å²) in [4.78, 5) is 4.02. The van der Waals surface area contributed by atoms with Gasteiger partial charge in [0, 0.05) is 14.1 Å². The summed E-state index contributed by atoms with van der Waals surface area (Å²) in [5.74, 6) is 2.07. The first-order chi connectivity index (χ1) is 7.97. The average molecular weight is 252 g/mol. The van der Waals surface area contributed by atoms with E-state index in [0.717, 1.165) is 17.7 Å². The van der Waals surface area contributed by atoms with Gasteiger partial charge in [-0.15, -0.1) is 0 Å². The highest BCUT2D eigenvalue weighted by molar-refractivity contribution is 6.75. The molecule has 0 aliphatic carbocycles. The maximum absolute atomic E-state index is 4.54. The van der Waals surface area contributed by atoms with Crippen molar-refractivity contribution >= 4 is 20.9 Å². The summed E-state index contributed by atoms with van der Waals surface area (Å²) in [7, 11) is 2.46. The third-order valence-electron chi connectivity index (χ3n) is 3.28. The van der Waals surface area contributed by atoms with Crippen LogP contribution < -0.4 is 5.43 Å². The molecule has 2 rings (SSSR count). The molecular formula is C10H20N6Si. The molecule has 0 bridgehead atoms. The molecule has 0 unspecified atom stereocenters. The molecule has 0 spiro atoms. The van der Waals surface area contributed by atoms with Crippen molar-refractivity contribution in [1.29, 1.82) is 0 Å². The van der Waals surface area contributed by atoms with Crippen molar-refractivity contribution in [2.75, 3.05) is 14.1 Å². The second kappa shape index (κ2) is 4.06. The molecule has 17 heavy (non-hydrogen) atoms. The Morgan fingerprint density at radius 1 is 1.24 bits per heavy atom. The van der Waals surface area contributed by atoms with Gasteiger partial charge in [-0.1, -0.05) is 6.92 Å². The predicted octanol–water partition coefficient (Wildman–Crippen LogP) is 1.01. The number of hydrazone groups is 2. The monoisotopic (exact) mass is 252 g/mol. The summed E-state index contributed by atoms with van der Waals surface area (Å²) in [6.07, 6.45) is 3.63. The van der Waals surface area contributed by atoms with Crippen LogP contribution in [0.25, 0.3) is 0 Å². The van der Waals surface area contributed by atoms with Crippen molar-refractivity contribution in [2.24, 2.45) is 10.2 Å². The van der Waals surface area contributed by atoms with Crippen molar-refractivity contribution in [3.8, 4) is 0 Å². The molecular weight excluding hydrogens is 232 g/mol. The fourth-order valence-corrected chi connectivity index (χ4v) is 3.27. The van der Waals surface area contributed by atoms with Crippen LogP contribution in [0.1, 0.15) is 6.92 Å². The Labute approximate surface area is 103 Å². The predicted molar refractivity (Wildman–Crippen MR) is 72.5 cm³/mol. The molecule has 6 nitrogen and oxygen atoms in total. The Balaban J connectivity index is 2.38. The quantitative estimate of drug-likeness (QED) is 0.745. The second-order valence-electron chi connectivity index (χ2n) is 4.96. The molecule has 0 amide bonds. The largest absolute Gasteiger partial charge is 0.317 e. The minimum atomic E-state index is -1.53. The fraction of sp³-hybridized carbons (Fsp3) is 0.600. The van der Waals surface area contributed by atoms with E-state index < -0.39 is 8.24 Å². The lowest BCUT2D eigenvalue weighted by molar-refractivity contribution is 0.430. The molecule has 0 aromatic heterocycles. The number of rotatable bonds is 2. The molecule has 94 valence electrons. The van der Waals surface area contributed by atoms with Crippen LogP contribution in [0.5, 0.6) is 0 Å². The molecule has 0 aromatic carbocycles. The summed E-state index contributed by atoms with van der Waals surface area (Å²) < 4.78 is 2.18. The van der Waals surface area contributed by atoms with Gasteiger partial charge in [-0.05, 0) is 19.1 Å². The topological polar surface area (TPSA) is 46.5 Å². The van der Waals surface area contributed by atoms with Crippen LogP contribution in [0.15, 0.2) is 21.8 Å². The Hall–Kier alpha value is -1.50. The molecule has 2 aliphatic heterocycles. The van der Waals surface area contributed by atoms with E-state index in [9.17, 15) is 0 Å². The molecule has 1 N–H and O–H groups in total. The van der Waals surface area contributed by atoms with Gasteiger partial charge < -0.3 is 9.80 Å². The van der Waals surface area contributed by atoms with Gasteiger partial charge >= 0.3 is 0 Å². The minimum absolute atomic E-state index is 0.985. The van der Waals surface area contributed by atoms with Crippen molar-refractivity contribution in [2.45, 2.75) is 26.1 Å². The molecule has 2 aliphatic rings. The highest BCUT2D eigenvalue weighted by Gasteiger charge is 2.37. The SMILES string of the molecule is CC[Si](C)(C)N1N=CN(C)/C1=C1/NN=CN1C. The van der Waals surface area contributed by atoms with Crippen LogP contribution in [0.3, 0.4) is 0 Å². The molecule has 0 aromatic rings. The zero-order valence-corrected chi connectivity index (χ0v) is 12.1. The van der Waals surface area contributed by atoms with E-state index in [-0.39, 0.29) is 0 Å². The Bertz CT molecular complexity index is 400. The van der Waals surface area contributed by atoms with Gasteiger partial charge in [0.25, 0.3) is 0 Å². The second-order valence-corrected chi connectivity index (χ2v) is 9.71. The van der Waals surface area contributed by atoms with E-state index in [1.165, 1.54) is 0 Å². The fourth-order valence-electron chi connectivity index (χ4n) is 1.77. The molecule has 0 saturated carbocycles. The molecule has 2 heterocycles. The maximum atomic E-state index is 4.54. The van der Waals surface area contributed by atoms with Crippen LogP contribution in [-0.2, 0) is 0 Å². The lowest BCUT2D eigenvalue weighted by Crippen LogP contribution is -2.46. The summed E-state index contributed by atoms with van der Waals surface area (Å²) >= 11 is 0. The van der Waals surface area contributed by atoms with Crippen LogP contribution >= 0.6 is 0 Å². The smallest absolute Gasteiger partial charge is 0.181 e. The molecule has 0 fully saturated rings. The van der Waals surface area contributed by atoms with E-state index in [1.54, 1.807) is 6.34 Å². The number of nitrogens with zero attached hydrogens (tertiary/aromatic N) is 5. The Morgan fingerprint density at radius 3 is 2.47 bits per heavy atom. The highest BCUT2D eigenvalue weighted by Crippen LogP contribution is 2.28. The third kappa shape index (κ3) is 1.90. The first-order valence-electron chi connectivity index (χ1n) is 5.81. The van der Waals surface area contributed by atoms with Gasteiger partial charge in [0.15, 0.2) is 19.9 Å². The first-order valence-corrected chi connectivity index (χ1v) is 8.96. The van der Waals surface area contributed by atoms with Gasteiger partial charge in [-0.25, -0.2) is 0 Å². The standard InChI is InChI=1S/C10H20N6Si/c1-6-17(4,5)16-10(15(3)8-12-16)9-13-11-7-14(9)2/h7-8,13H,6H2,1-5H3/b10-9+. The van der Waals surface area contributed by atoms with Crippen LogP contribution in [0, 0.1) is 0 Å². The summed E-state index contributed by atoms with van der Waals surface area (Å²) in [6.45, 7) is 6.87. The zero-order chi connectivity index (χ0) is 12.6. The summed E-state index contributed by atoms with van der Waals surface area (Å²) in [6, 6.07) is 1.15. The Kier molecular flexibility index (Phi) is 2.86. The van der Waals surface area contributed by atoms with E-state index in [1.807, 2.05) is 30.2 Å². The van der Waals surface area contributed by atoms with E-state index in [0.29, 0.717) is 0 Å². The minimum Gasteiger partial charge on any atom is -0.317 e.